The highest BCUT2D eigenvalue weighted by atomic mass is 16.6. The molecular formula is C52H52O5. The fourth-order valence-corrected chi connectivity index (χ4v) is 7.62. The van der Waals surface area contributed by atoms with E-state index in [1.165, 1.54) is 29.5 Å². The van der Waals surface area contributed by atoms with Gasteiger partial charge in [-0.15, -0.1) is 0 Å². The maximum Gasteiger partial charge on any atom is 0.126 e. The van der Waals surface area contributed by atoms with Crippen LogP contribution in [0, 0.1) is 6.92 Å². The first kappa shape index (κ1) is 38.6. The molecule has 1 heterocycles. The molecule has 57 heavy (non-hydrogen) atoms. The smallest absolute Gasteiger partial charge is 0.126 e. The van der Waals surface area contributed by atoms with Crippen LogP contribution >= 0.6 is 0 Å². The zero-order valence-electron chi connectivity index (χ0n) is 32.8. The molecule has 6 aromatic rings. The quantitative estimate of drug-likeness (QED) is 0.0867. The lowest BCUT2D eigenvalue weighted by molar-refractivity contribution is -0.191. The van der Waals surface area contributed by atoms with Gasteiger partial charge in [-0.2, -0.15) is 0 Å². The molecule has 0 N–H and O–H groups in total. The summed E-state index contributed by atoms with van der Waals surface area (Å²) in [6.07, 6.45) is 1.31. The Labute approximate surface area is 337 Å². The maximum absolute atomic E-state index is 7.18. The van der Waals surface area contributed by atoms with Gasteiger partial charge in [0.15, 0.2) is 0 Å². The molecule has 1 aliphatic heterocycles. The van der Waals surface area contributed by atoms with Gasteiger partial charge >= 0.3 is 0 Å². The monoisotopic (exact) mass is 756 g/mol. The van der Waals surface area contributed by atoms with E-state index in [1.807, 2.05) is 72.8 Å². The molecule has 0 radical (unpaired) electrons. The SMILES string of the molecule is C=C1[C@@H](COCc2ccccc2)O[C@@H](c2cc(Cc3ccc(C4CC4)cc3)c(C)cc2OCc2ccccc2)[C@H](OCc2ccccc2)[C@H]1OCc1ccccc1. The molecule has 0 unspecified atom stereocenters. The van der Waals surface area contributed by atoms with E-state index in [0.29, 0.717) is 33.0 Å². The van der Waals surface area contributed by atoms with Crippen LogP contribution in [0.2, 0.25) is 0 Å². The van der Waals surface area contributed by atoms with E-state index in [1.54, 1.807) is 0 Å². The summed E-state index contributed by atoms with van der Waals surface area (Å²) in [7, 11) is 0. The third-order valence-corrected chi connectivity index (χ3v) is 11.1. The first-order valence-corrected chi connectivity index (χ1v) is 20.2. The van der Waals surface area contributed by atoms with E-state index in [0.717, 1.165) is 57.0 Å². The molecule has 5 heteroatoms. The summed E-state index contributed by atoms with van der Waals surface area (Å²) in [6.45, 7) is 8.76. The van der Waals surface area contributed by atoms with Crippen molar-refractivity contribution in [2.75, 3.05) is 6.61 Å². The molecule has 0 amide bonds. The fraction of sp³-hybridized carbons (Fsp3) is 0.269. The Morgan fingerprint density at radius 1 is 0.596 bits per heavy atom. The Hall–Kier alpha value is -5.30. The summed E-state index contributed by atoms with van der Waals surface area (Å²) >= 11 is 0. The predicted molar refractivity (Wildman–Crippen MR) is 226 cm³/mol. The van der Waals surface area contributed by atoms with Crippen LogP contribution in [0.5, 0.6) is 5.75 Å². The Balaban J connectivity index is 1.17. The highest BCUT2D eigenvalue weighted by Crippen LogP contribution is 2.44. The molecule has 0 spiro atoms. The predicted octanol–water partition coefficient (Wildman–Crippen LogP) is 11.4. The average Bonchev–Trinajstić information content (AvgIpc) is 4.11. The Morgan fingerprint density at radius 2 is 1.14 bits per heavy atom. The van der Waals surface area contributed by atoms with Gasteiger partial charge in [-0.25, -0.2) is 0 Å². The summed E-state index contributed by atoms with van der Waals surface area (Å²) in [5.74, 6) is 1.49. The molecular weight excluding hydrogens is 705 g/mol. The van der Waals surface area contributed by atoms with Crippen LogP contribution in [-0.4, -0.2) is 24.9 Å². The van der Waals surface area contributed by atoms with Crippen LogP contribution in [0.15, 0.2) is 170 Å². The number of ether oxygens (including phenoxy) is 5. The van der Waals surface area contributed by atoms with Gasteiger partial charge in [0.1, 0.15) is 36.8 Å². The van der Waals surface area contributed by atoms with E-state index >= 15 is 0 Å². The summed E-state index contributed by atoms with van der Waals surface area (Å²) in [4.78, 5) is 0. The van der Waals surface area contributed by atoms with Crippen LogP contribution in [-0.2, 0) is 51.8 Å². The van der Waals surface area contributed by atoms with Crippen molar-refractivity contribution in [2.45, 2.75) is 82.9 Å². The molecule has 2 fully saturated rings. The van der Waals surface area contributed by atoms with E-state index in [2.05, 4.69) is 98.4 Å². The highest BCUT2D eigenvalue weighted by Gasteiger charge is 2.45. The van der Waals surface area contributed by atoms with Gasteiger partial charge in [0.05, 0.1) is 26.4 Å². The summed E-state index contributed by atoms with van der Waals surface area (Å²) < 4.78 is 34.2. The van der Waals surface area contributed by atoms with E-state index in [9.17, 15) is 0 Å². The van der Waals surface area contributed by atoms with Crippen molar-refractivity contribution in [3.05, 3.63) is 220 Å². The van der Waals surface area contributed by atoms with Gasteiger partial charge in [0, 0.05) is 5.56 Å². The van der Waals surface area contributed by atoms with Gasteiger partial charge in [0.25, 0.3) is 0 Å². The van der Waals surface area contributed by atoms with Crippen molar-refractivity contribution < 1.29 is 23.7 Å². The molecule has 1 saturated carbocycles. The zero-order chi connectivity index (χ0) is 38.8. The van der Waals surface area contributed by atoms with Gasteiger partial charge in [-0.3, -0.25) is 0 Å². The normalized spacial score (nSPS) is 19.4. The minimum absolute atomic E-state index is 0.313. The molecule has 6 aromatic carbocycles. The van der Waals surface area contributed by atoms with Crippen molar-refractivity contribution in [3.63, 3.8) is 0 Å². The minimum Gasteiger partial charge on any atom is -0.489 e. The van der Waals surface area contributed by atoms with Crippen LogP contribution in [0.3, 0.4) is 0 Å². The van der Waals surface area contributed by atoms with E-state index < -0.39 is 24.4 Å². The average molecular weight is 757 g/mol. The first-order valence-electron chi connectivity index (χ1n) is 20.2. The number of aryl methyl sites for hydroxylation is 1. The molecule has 2 aliphatic rings. The molecule has 5 nitrogen and oxygen atoms in total. The second-order valence-corrected chi connectivity index (χ2v) is 15.4. The minimum atomic E-state index is -0.562. The second kappa shape index (κ2) is 18.8. The van der Waals surface area contributed by atoms with Crippen LogP contribution in [0.25, 0.3) is 0 Å². The third-order valence-electron chi connectivity index (χ3n) is 11.1. The largest absolute Gasteiger partial charge is 0.489 e. The lowest BCUT2D eigenvalue weighted by atomic mass is 9.87. The standard InChI is InChI=1S/C52H52O5/c1-37-29-48(54-33-41-17-9-4-10-18-41)47(31-46(37)30-39-23-25-44(26-24-39)45-27-28-45)51-52(56-35-43-21-13-6-14-22-43)50(55-34-42-19-11-5-12-20-42)38(2)49(57-51)36-53-32-40-15-7-3-8-16-40/h3-26,29,31,45,49-52H,2,27-28,30,32-36H2,1H3/t49-,50+,51+,52-/m1/s1. The van der Waals surface area contributed by atoms with Gasteiger partial charge < -0.3 is 23.7 Å². The lowest BCUT2D eigenvalue weighted by Gasteiger charge is -2.43. The molecule has 4 atom stereocenters. The number of hydrogen-bond acceptors (Lipinski definition) is 5. The molecule has 0 aromatic heterocycles. The number of benzene rings is 6. The van der Waals surface area contributed by atoms with Gasteiger partial charge in [-0.1, -0.05) is 152 Å². The highest BCUT2D eigenvalue weighted by molar-refractivity contribution is 5.47. The Kier molecular flexibility index (Phi) is 12.7. The van der Waals surface area contributed by atoms with Crippen molar-refractivity contribution >= 4 is 0 Å². The van der Waals surface area contributed by atoms with Crippen molar-refractivity contribution in [1.29, 1.82) is 0 Å². The zero-order valence-corrected chi connectivity index (χ0v) is 32.8. The Bertz CT molecular complexity index is 2170. The third kappa shape index (κ3) is 10.2. The Morgan fingerprint density at radius 3 is 1.72 bits per heavy atom. The summed E-state index contributed by atoms with van der Waals surface area (Å²) in [5, 5.41) is 0. The first-order chi connectivity index (χ1) is 28.1. The van der Waals surface area contributed by atoms with Crippen LogP contribution < -0.4 is 4.74 Å². The van der Waals surface area contributed by atoms with Gasteiger partial charge in [-0.05, 0) is 94.3 Å². The van der Waals surface area contributed by atoms with E-state index in [4.69, 9.17) is 23.7 Å². The van der Waals surface area contributed by atoms with Crippen LogP contribution in [0.4, 0.5) is 0 Å². The molecule has 0 bridgehead atoms. The topological polar surface area (TPSA) is 46.2 Å². The molecule has 8 rings (SSSR count). The van der Waals surface area contributed by atoms with Crippen molar-refractivity contribution in [3.8, 4) is 5.75 Å². The molecule has 1 saturated heterocycles. The lowest BCUT2D eigenvalue weighted by Crippen LogP contribution is -2.49. The number of hydrogen-bond donors (Lipinski definition) is 0. The molecule has 290 valence electrons. The second-order valence-electron chi connectivity index (χ2n) is 15.4. The van der Waals surface area contributed by atoms with Crippen molar-refractivity contribution in [1.82, 2.24) is 0 Å². The van der Waals surface area contributed by atoms with Crippen molar-refractivity contribution in [2.24, 2.45) is 0 Å². The van der Waals surface area contributed by atoms with Crippen LogP contribution in [0.1, 0.15) is 74.9 Å². The van der Waals surface area contributed by atoms with Gasteiger partial charge in [0.2, 0.25) is 0 Å². The summed E-state index contributed by atoms with van der Waals surface area (Å²) in [6, 6.07) is 54.6. The van der Waals surface area contributed by atoms with E-state index in [-0.39, 0.29) is 0 Å². The maximum atomic E-state index is 7.18. The fourth-order valence-electron chi connectivity index (χ4n) is 7.62. The molecule has 1 aliphatic carbocycles. The summed E-state index contributed by atoms with van der Waals surface area (Å²) in [5.41, 5.74) is 11.1. The number of rotatable bonds is 17.